The van der Waals surface area contributed by atoms with Gasteiger partial charge in [0, 0.05) is 18.5 Å². The Morgan fingerprint density at radius 2 is 2.14 bits per heavy atom. The Morgan fingerprint density at radius 3 is 2.64 bits per heavy atom. The normalized spacial score (nSPS) is 12.6. The fourth-order valence-electron chi connectivity index (χ4n) is 1.13. The van der Waals surface area contributed by atoms with Crippen LogP contribution in [0.3, 0.4) is 0 Å². The highest BCUT2D eigenvalue weighted by Crippen LogP contribution is 2.25. The molecule has 0 spiro atoms. The molecule has 0 aliphatic heterocycles. The van der Waals surface area contributed by atoms with Crippen LogP contribution in [0.15, 0.2) is 18.2 Å². The van der Waals surface area contributed by atoms with E-state index in [4.69, 9.17) is 8.37 Å². The van der Waals surface area contributed by atoms with Crippen LogP contribution < -0.4 is 4.18 Å². The average molecular weight is 232 g/mol. The number of benzene rings is 1. The zero-order valence-corrected chi connectivity index (χ0v) is 9.46. The molecule has 0 fully saturated rings. The van der Waals surface area contributed by atoms with E-state index in [1.807, 2.05) is 0 Å². The van der Waals surface area contributed by atoms with Crippen LogP contribution in [0, 0.1) is 0 Å². The lowest BCUT2D eigenvalue weighted by Gasteiger charge is -2.10. The van der Waals surface area contributed by atoms with Crippen LogP contribution in [0.25, 0.3) is 0 Å². The summed E-state index contributed by atoms with van der Waals surface area (Å²) in [5.74, 6) is 0.604. The first kappa shape index (κ1) is 11.7. The number of aliphatic hydroxyl groups is 1. The van der Waals surface area contributed by atoms with Crippen molar-refractivity contribution < 1.29 is 13.5 Å². The summed E-state index contributed by atoms with van der Waals surface area (Å²) in [5, 5.41) is 9.36. The van der Waals surface area contributed by atoms with E-state index in [1.165, 1.54) is 0 Å². The van der Waals surface area contributed by atoms with Gasteiger partial charge in [-0.3, -0.25) is 0 Å². The predicted octanol–water partition coefficient (Wildman–Crippen LogP) is 2.32. The van der Waals surface area contributed by atoms with Gasteiger partial charge in [-0.05, 0) is 37.5 Å². The maximum Gasteiger partial charge on any atom is 0.142 e. The summed E-state index contributed by atoms with van der Waals surface area (Å²) in [7, 11) is 0. The summed E-state index contributed by atoms with van der Waals surface area (Å²) >= 11 is 7.38. The highest BCUT2D eigenvalue weighted by atomic mass is 32.1. The molecule has 0 bridgehead atoms. The summed E-state index contributed by atoms with van der Waals surface area (Å²) in [6.07, 6.45) is -0.511. The molecule has 1 aromatic carbocycles. The molecule has 0 saturated heterocycles. The van der Waals surface area contributed by atoms with E-state index in [-0.39, 0.29) is 0 Å². The summed E-state index contributed by atoms with van der Waals surface area (Å²) in [4.78, 5) is 0. The highest BCUT2D eigenvalue weighted by molar-refractivity contribution is 7.75. The van der Waals surface area contributed by atoms with Gasteiger partial charge in [0.15, 0.2) is 0 Å². The summed E-state index contributed by atoms with van der Waals surface area (Å²) < 4.78 is 9.54. The van der Waals surface area contributed by atoms with Crippen LogP contribution in [0.2, 0.25) is 0 Å². The predicted molar refractivity (Wildman–Crippen MR) is 60.5 cm³/mol. The lowest BCUT2D eigenvalue weighted by Crippen LogP contribution is -1.95. The second-order valence-corrected chi connectivity index (χ2v) is 3.35. The van der Waals surface area contributed by atoms with E-state index in [0.717, 1.165) is 11.1 Å². The molecule has 5 heteroatoms. The molecule has 0 aliphatic rings. The fraction of sp³-hybridized carbons (Fsp3) is 0.333. The van der Waals surface area contributed by atoms with Crippen LogP contribution in [0.5, 0.6) is 5.75 Å². The molecular formula is C9H12O3S2. The van der Waals surface area contributed by atoms with Gasteiger partial charge in [0.05, 0.1) is 12.7 Å². The second kappa shape index (κ2) is 5.50. The largest absolute Gasteiger partial charge is 0.429 e. The molecule has 0 aromatic heterocycles. The van der Waals surface area contributed by atoms with Crippen molar-refractivity contribution in [3.8, 4) is 5.75 Å². The molecule has 1 unspecified atom stereocenters. The second-order valence-electron chi connectivity index (χ2n) is 2.91. The van der Waals surface area contributed by atoms with Crippen molar-refractivity contribution in [2.45, 2.75) is 19.6 Å². The molecule has 1 aromatic rings. The molecule has 0 heterocycles. The summed E-state index contributed by atoms with van der Waals surface area (Å²) in [6.45, 7) is 2.00. The zero-order valence-electron chi connectivity index (χ0n) is 7.67. The Labute approximate surface area is 94.3 Å². The lowest BCUT2D eigenvalue weighted by molar-refractivity contribution is 0.199. The maximum absolute atomic E-state index is 9.36. The van der Waals surface area contributed by atoms with Crippen molar-refractivity contribution >= 4 is 25.8 Å². The Balaban J connectivity index is 3.01. The Morgan fingerprint density at radius 1 is 1.43 bits per heavy atom. The van der Waals surface area contributed by atoms with E-state index in [1.54, 1.807) is 25.1 Å². The first-order valence-electron chi connectivity index (χ1n) is 4.07. The summed E-state index contributed by atoms with van der Waals surface area (Å²) in [5.41, 5.74) is 1.60. The van der Waals surface area contributed by atoms with Crippen molar-refractivity contribution in [2.24, 2.45) is 0 Å². The van der Waals surface area contributed by atoms with Crippen molar-refractivity contribution in [1.82, 2.24) is 0 Å². The average Bonchev–Trinajstić information content (AvgIpc) is 2.18. The Hall–Kier alpha value is -0.360. The van der Waals surface area contributed by atoms with E-state index < -0.39 is 6.10 Å². The van der Waals surface area contributed by atoms with Gasteiger partial charge < -0.3 is 13.5 Å². The van der Waals surface area contributed by atoms with E-state index in [2.05, 4.69) is 25.8 Å². The highest BCUT2D eigenvalue weighted by Gasteiger charge is 2.07. The van der Waals surface area contributed by atoms with E-state index in [9.17, 15) is 5.11 Å². The molecule has 0 amide bonds. The first-order valence-corrected chi connectivity index (χ1v) is 4.80. The van der Waals surface area contributed by atoms with Gasteiger partial charge in [-0.25, -0.2) is 0 Å². The molecule has 1 atom stereocenters. The first-order chi connectivity index (χ1) is 6.69. The van der Waals surface area contributed by atoms with Crippen LogP contribution in [0.1, 0.15) is 24.2 Å². The molecule has 0 radical (unpaired) electrons. The van der Waals surface area contributed by atoms with E-state index >= 15 is 0 Å². The molecule has 1 rings (SSSR count). The third-order valence-electron chi connectivity index (χ3n) is 1.89. The SMILES string of the molecule is CC(O)c1ccc(OS)c(COS)c1. The minimum Gasteiger partial charge on any atom is -0.429 e. The van der Waals surface area contributed by atoms with Crippen molar-refractivity contribution in [1.29, 1.82) is 0 Å². The number of aliphatic hydroxyl groups excluding tert-OH is 1. The topological polar surface area (TPSA) is 38.7 Å². The third kappa shape index (κ3) is 2.81. The van der Waals surface area contributed by atoms with Gasteiger partial charge in [0.2, 0.25) is 0 Å². The third-order valence-corrected chi connectivity index (χ3v) is 2.21. The van der Waals surface area contributed by atoms with Gasteiger partial charge in [-0.1, -0.05) is 6.07 Å². The van der Waals surface area contributed by atoms with Crippen molar-refractivity contribution in [3.63, 3.8) is 0 Å². The van der Waals surface area contributed by atoms with Gasteiger partial charge in [-0.2, -0.15) is 0 Å². The number of hydrogen-bond acceptors (Lipinski definition) is 5. The van der Waals surface area contributed by atoms with E-state index in [0.29, 0.717) is 12.4 Å². The fourth-order valence-corrected chi connectivity index (χ4v) is 1.45. The molecule has 3 nitrogen and oxygen atoms in total. The lowest BCUT2D eigenvalue weighted by atomic mass is 10.1. The van der Waals surface area contributed by atoms with Crippen LogP contribution in [0.4, 0.5) is 0 Å². The molecule has 78 valence electrons. The maximum atomic E-state index is 9.36. The van der Waals surface area contributed by atoms with Crippen LogP contribution >= 0.6 is 25.8 Å². The number of rotatable bonds is 4. The zero-order chi connectivity index (χ0) is 10.6. The molecular weight excluding hydrogens is 220 g/mol. The number of hydrogen-bond donors (Lipinski definition) is 3. The van der Waals surface area contributed by atoms with Gasteiger partial charge in [0.1, 0.15) is 5.75 Å². The minimum absolute atomic E-state index is 0.305. The van der Waals surface area contributed by atoms with Crippen LogP contribution in [-0.2, 0) is 10.8 Å². The van der Waals surface area contributed by atoms with Crippen LogP contribution in [-0.4, -0.2) is 5.11 Å². The molecule has 1 N–H and O–H groups in total. The quantitative estimate of drug-likeness (QED) is 0.551. The molecule has 0 aliphatic carbocycles. The monoisotopic (exact) mass is 232 g/mol. The standard InChI is InChI=1S/C9H12O3S2/c1-6(10)7-2-3-9(12-14)8(4-7)5-11-13/h2-4,6,10,13-14H,5H2,1H3. The van der Waals surface area contributed by atoms with Gasteiger partial charge in [-0.15, -0.1) is 0 Å². The van der Waals surface area contributed by atoms with Gasteiger partial charge in [0.25, 0.3) is 0 Å². The number of thiol groups is 2. The Bertz CT molecular complexity index is 302. The molecule has 0 saturated carbocycles. The summed E-state index contributed by atoms with van der Waals surface area (Å²) in [6, 6.07) is 5.31. The van der Waals surface area contributed by atoms with Gasteiger partial charge >= 0.3 is 0 Å². The minimum atomic E-state index is -0.511. The molecule has 14 heavy (non-hydrogen) atoms. The van der Waals surface area contributed by atoms with Crippen molar-refractivity contribution in [3.05, 3.63) is 29.3 Å². The smallest absolute Gasteiger partial charge is 0.142 e. The Kier molecular flexibility index (Phi) is 4.60. The van der Waals surface area contributed by atoms with Crippen molar-refractivity contribution in [2.75, 3.05) is 0 Å².